The number of carbonyl (C=O) groups excluding carboxylic acids is 1. The maximum absolute atomic E-state index is 12.4. The zero-order chi connectivity index (χ0) is 16.4. The monoisotopic (exact) mass is 300 g/mol. The van der Waals surface area contributed by atoms with Gasteiger partial charge in [0.15, 0.2) is 0 Å². The van der Waals surface area contributed by atoms with E-state index in [-0.39, 0.29) is 11.9 Å². The minimum absolute atomic E-state index is 0.0693. The van der Waals surface area contributed by atoms with E-state index in [1.54, 1.807) is 4.68 Å². The second-order valence-electron chi connectivity index (χ2n) is 5.84. The van der Waals surface area contributed by atoms with E-state index in [4.69, 9.17) is 0 Å². The van der Waals surface area contributed by atoms with Crippen molar-refractivity contribution in [1.29, 1.82) is 0 Å². The van der Waals surface area contributed by atoms with Crippen molar-refractivity contribution in [3.8, 4) is 0 Å². The number of rotatable bonds is 4. The van der Waals surface area contributed by atoms with Gasteiger partial charge in [-0.3, -0.25) is 9.48 Å². The normalized spacial score (nSPS) is 12.1. The summed E-state index contributed by atoms with van der Waals surface area (Å²) < 4.78 is 1.77. The first-order valence-electron chi connectivity index (χ1n) is 7.44. The molecule has 5 heteroatoms. The first-order chi connectivity index (χ1) is 10.3. The van der Waals surface area contributed by atoms with E-state index in [9.17, 15) is 4.79 Å². The molecule has 0 fully saturated rings. The van der Waals surface area contributed by atoms with Crippen LogP contribution in [0, 0.1) is 27.7 Å². The highest BCUT2D eigenvalue weighted by atomic mass is 16.2. The van der Waals surface area contributed by atoms with Crippen molar-refractivity contribution in [3.05, 3.63) is 40.7 Å². The molecule has 118 valence electrons. The van der Waals surface area contributed by atoms with E-state index in [0.29, 0.717) is 0 Å². The van der Waals surface area contributed by atoms with Gasteiger partial charge in [-0.2, -0.15) is 5.10 Å². The number of nitrogens with zero attached hydrogens (tertiary/aromatic N) is 2. The molecule has 2 N–H and O–H groups in total. The lowest BCUT2D eigenvalue weighted by molar-refractivity contribution is -0.116. The van der Waals surface area contributed by atoms with Gasteiger partial charge in [-0.05, 0) is 51.8 Å². The van der Waals surface area contributed by atoms with Gasteiger partial charge in [0.1, 0.15) is 6.04 Å². The third-order valence-electron chi connectivity index (χ3n) is 3.92. The lowest BCUT2D eigenvalue weighted by atomic mass is 10.1. The molecule has 0 radical (unpaired) electrons. The predicted octanol–water partition coefficient (Wildman–Crippen LogP) is 3.09. The molecule has 0 spiro atoms. The number of benzene rings is 1. The maximum Gasteiger partial charge on any atom is 0.246 e. The van der Waals surface area contributed by atoms with E-state index in [2.05, 4.69) is 33.9 Å². The van der Waals surface area contributed by atoms with Crippen LogP contribution in [0.1, 0.15) is 29.4 Å². The highest BCUT2D eigenvalue weighted by Crippen LogP contribution is 2.20. The fourth-order valence-corrected chi connectivity index (χ4v) is 2.38. The Morgan fingerprint density at radius 2 is 1.91 bits per heavy atom. The Balaban J connectivity index is 2.11. The molecular weight excluding hydrogens is 276 g/mol. The summed E-state index contributed by atoms with van der Waals surface area (Å²) in [5.41, 5.74) is 5.85. The summed E-state index contributed by atoms with van der Waals surface area (Å²) in [7, 11) is 1.87. The average molecular weight is 300 g/mol. The zero-order valence-electron chi connectivity index (χ0n) is 14.1. The summed E-state index contributed by atoms with van der Waals surface area (Å²) in [6.07, 6.45) is 0. The number of aromatic nitrogens is 2. The minimum Gasteiger partial charge on any atom is -0.374 e. The van der Waals surface area contributed by atoms with Gasteiger partial charge >= 0.3 is 0 Å². The van der Waals surface area contributed by atoms with Gasteiger partial charge in [-0.25, -0.2) is 0 Å². The van der Waals surface area contributed by atoms with Crippen molar-refractivity contribution in [2.75, 3.05) is 10.6 Å². The first kappa shape index (κ1) is 16.1. The van der Waals surface area contributed by atoms with Crippen LogP contribution >= 0.6 is 0 Å². The topological polar surface area (TPSA) is 59.0 Å². The Morgan fingerprint density at radius 3 is 2.50 bits per heavy atom. The van der Waals surface area contributed by atoms with Crippen LogP contribution in [0.3, 0.4) is 0 Å². The van der Waals surface area contributed by atoms with Gasteiger partial charge in [-0.1, -0.05) is 12.1 Å². The molecule has 1 heterocycles. The van der Waals surface area contributed by atoms with Gasteiger partial charge in [0.25, 0.3) is 0 Å². The molecule has 0 aliphatic carbocycles. The Morgan fingerprint density at radius 1 is 1.23 bits per heavy atom. The van der Waals surface area contributed by atoms with Crippen LogP contribution in [0.25, 0.3) is 0 Å². The standard InChI is InChI=1S/C17H24N4O/c1-10-7-8-11(2)15(9-10)18-13(4)17(22)19-16-12(3)20-21(6)14(16)5/h7-9,13,18H,1-6H3,(H,19,22)/t13-/m1/s1. The van der Waals surface area contributed by atoms with E-state index in [0.717, 1.165) is 28.3 Å². The summed E-state index contributed by atoms with van der Waals surface area (Å²) in [4.78, 5) is 12.4. The second-order valence-corrected chi connectivity index (χ2v) is 5.84. The van der Waals surface area contributed by atoms with E-state index < -0.39 is 0 Å². The molecule has 0 aliphatic rings. The third-order valence-corrected chi connectivity index (χ3v) is 3.92. The van der Waals surface area contributed by atoms with Crippen molar-refractivity contribution < 1.29 is 4.79 Å². The largest absolute Gasteiger partial charge is 0.374 e. The number of aryl methyl sites for hydroxylation is 4. The van der Waals surface area contributed by atoms with Crippen LogP contribution in [0.4, 0.5) is 11.4 Å². The van der Waals surface area contributed by atoms with Crippen LogP contribution in [0.2, 0.25) is 0 Å². The molecule has 1 amide bonds. The Bertz CT molecular complexity index is 703. The van der Waals surface area contributed by atoms with E-state index in [1.807, 2.05) is 41.7 Å². The highest BCUT2D eigenvalue weighted by Gasteiger charge is 2.17. The second kappa shape index (κ2) is 6.22. The van der Waals surface area contributed by atoms with Crippen LogP contribution < -0.4 is 10.6 Å². The molecule has 0 aliphatic heterocycles. The zero-order valence-corrected chi connectivity index (χ0v) is 14.1. The Labute approximate surface area is 131 Å². The van der Waals surface area contributed by atoms with Crippen LogP contribution in [-0.4, -0.2) is 21.7 Å². The third kappa shape index (κ3) is 3.30. The molecule has 22 heavy (non-hydrogen) atoms. The molecule has 5 nitrogen and oxygen atoms in total. The van der Waals surface area contributed by atoms with Crippen LogP contribution in [-0.2, 0) is 11.8 Å². The quantitative estimate of drug-likeness (QED) is 0.912. The molecule has 1 aromatic heterocycles. The van der Waals surface area contributed by atoms with Gasteiger partial charge in [0.2, 0.25) is 5.91 Å². The Kier molecular flexibility index (Phi) is 4.54. The van der Waals surface area contributed by atoms with Crippen molar-refractivity contribution in [1.82, 2.24) is 9.78 Å². The van der Waals surface area contributed by atoms with Crippen LogP contribution in [0.5, 0.6) is 0 Å². The molecule has 0 saturated heterocycles. The number of carbonyl (C=O) groups is 1. The average Bonchev–Trinajstić information content (AvgIpc) is 2.69. The fraction of sp³-hybridized carbons (Fsp3) is 0.412. The van der Waals surface area contributed by atoms with Crippen LogP contribution in [0.15, 0.2) is 18.2 Å². The molecular formula is C17H24N4O. The maximum atomic E-state index is 12.4. The van der Waals surface area contributed by atoms with Gasteiger partial charge in [0.05, 0.1) is 17.1 Å². The minimum atomic E-state index is -0.334. The molecule has 2 aromatic rings. The molecule has 1 atom stereocenters. The molecule has 0 saturated carbocycles. The lowest BCUT2D eigenvalue weighted by Crippen LogP contribution is -2.32. The highest BCUT2D eigenvalue weighted by molar-refractivity contribution is 5.97. The van der Waals surface area contributed by atoms with Crippen molar-refractivity contribution in [2.24, 2.45) is 7.05 Å². The molecule has 0 unspecified atom stereocenters. The fourth-order valence-electron chi connectivity index (χ4n) is 2.38. The van der Waals surface area contributed by atoms with Gasteiger partial charge < -0.3 is 10.6 Å². The summed E-state index contributed by atoms with van der Waals surface area (Å²) >= 11 is 0. The number of hydrogen-bond donors (Lipinski definition) is 2. The molecule has 1 aromatic carbocycles. The Hall–Kier alpha value is -2.30. The lowest BCUT2D eigenvalue weighted by Gasteiger charge is -2.17. The predicted molar refractivity (Wildman–Crippen MR) is 90.3 cm³/mol. The summed E-state index contributed by atoms with van der Waals surface area (Å²) in [6, 6.07) is 5.84. The van der Waals surface area contributed by atoms with Crippen molar-refractivity contribution in [2.45, 2.75) is 40.7 Å². The van der Waals surface area contributed by atoms with Crippen molar-refractivity contribution in [3.63, 3.8) is 0 Å². The van der Waals surface area contributed by atoms with Crippen molar-refractivity contribution >= 4 is 17.3 Å². The first-order valence-corrected chi connectivity index (χ1v) is 7.44. The molecule has 0 bridgehead atoms. The number of anilines is 2. The van der Waals surface area contributed by atoms with E-state index >= 15 is 0 Å². The summed E-state index contributed by atoms with van der Waals surface area (Å²) in [5.74, 6) is -0.0693. The molecule has 2 rings (SSSR count). The number of nitrogens with one attached hydrogen (secondary N) is 2. The number of hydrogen-bond acceptors (Lipinski definition) is 3. The van der Waals surface area contributed by atoms with E-state index in [1.165, 1.54) is 5.56 Å². The van der Waals surface area contributed by atoms with Gasteiger partial charge in [0, 0.05) is 12.7 Å². The summed E-state index contributed by atoms with van der Waals surface area (Å²) in [5, 5.41) is 10.6. The smallest absolute Gasteiger partial charge is 0.246 e. The number of amides is 1. The van der Waals surface area contributed by atoms with Gasteiger partial charge in [-0.15, -0.1) is 0 Å². The summed E-state index contributed by atoms with van der Waals surface area (Å²) in [6.45, 7) is 9.77. The SMILES string of the molecule is Cc1ccc(C)c(N[C@H](C)C(=O)Nc2c(C)nn(C)c2C)c1.